The molecule has 5 heteroatoms. The van der Waals surface area contributed by atoms with Crippen molar-refractivity contribution in [2.24, 2.45) is 5.92 Å². The molecule has 0 aliphatic rings. The molecule has 150 valence electrons. The summed E-state index contributed by atoms with van der Waals surface area (Å²) in [5.41, 5.74) is 3.32. The zero-order valence-electron chi connectivity index (χ0n) is 17.2. The van der Waals surface area contributed by atoms with Crippen molar-refractivity contribution in [1.29, 1.82) is 0 Å². The van der Waals surface area contributed by atoms with Gasteiger partial charge in [-0.05, 0) is 55.1 Å². The van der Waals surface area contributed by atoms with E-state index in [1.807, 2.05) is 63.2 Å². The van der Waals surface area contributed by atoms with Gasteiger partial charge in [0.05, 0.1) is 0 Å². The smallest absolute Gasteiger partial charge is 0.252 e. The molecule has 0 bridgehead atoms. The fraction of sp³-hybridized carbons (Fsp3) is 0.391. The van der Waals surface area contributed by atoms with Crippen molar-refractivity contribution in [3.63, 3.8) is 0 Å². The van der Waals surface area contributed by atoms with Crippen molar-refractivity contribution in [3.05, 3.63) is 65.2 Å². The van der Waals surface area contributed by atoms with Gasteiger partial charge in [-0.25, -0.2) is 0 Å². The van der Waals surface area contributed by atoms with Gasteiger partial charge in [0, 0.05) is 17.8 Å². The Morgan fingerprint density at radius 1 is 1.04 bits per heavy atom. The van der Waals surface area contributed by atoms with E-state index < -0.39 is 6.04 Å². The Labute approximate surface area is 167 Å². The van der Waals surface area contributed by atoms with Crippen LogP contribution in [0.4, 0.5) is 5.69 Å². The maximum Gasteiger partial charge on any atom is 0.252 e. The second-order valence-electron chi connectivity index (χ2n) is 7.44. The molecule has 1 atom stereocenters. The molecule has 0 saturated carbocycles. The van der Waals surface area contributed by atoms with Crippen LogP contribution in [-0.4, -0.2) is 24.4 Å². The summed E-state index contributed by atoms with van der Waals surface area (Å²) in [4.78, 5) is 25.6. The molecule has 0 aliphatic heterocycles. The van der Waals surface area contributed by atoms with Gasteiger partial charge in [-0.1, -0.05) is 51.1 Å². The number of benzene rings is 2. The molecule has 2 aromatic carbocycles. The summed E-state index contributed by atoms with van der Waals surface area (Å²) in [6.07, 6.45) is 0.570. The van der Waals surface area contributed by atoms with E-state index in [0.29, 0.717) is 12.0 Å². The SMILES string of the molecule is CCNCc1cccc(NC(=O)C(CC(C)C)NC(=O)c2ccccc2C)c1. The second-order valence-corrected chi connectivity index (χ2v) is 7.44. The second kappa shape index (κ2) is 10.6. The first-order valence-electron chi connectivity index (χ1n) is 9.87. The summed E-state index contributed by atoms with van der Waals surface area (Å²) in [7, 11) is 0. The van der Waals surface area contributed by atoms with Crippen molar-refractivity contribution < 1.29 is 9.59 Å². The van der Waals surface area contributed by atoms with E-state index >= 15 is 0 Å². The number of amides is 2. The lowest BCUT2D eigenvalue weighted by molar-refractivity contribution is -0.118. The Kier molecular flexibility index (Phi) is 8.20. The summed E-state index contributed by atoms with van der Waals surface area (Å²) in [6.45, 7) is 9.66. The average molecular weight is 382 g/mol. The van der Waals surface area contributed by atoms with Crippen LogP contribution < -0.4 is 16.0 Å². The van der Waals surface area contributed by atoms with Crippen LogP contribution >= 0.6 is 0 Å². The first kappa shape index (κ1) is 21.6. The van der Waals surface area contributed by atoms with Gasteiger partial charge in [0.25, 0.3) is 5.91 Å². The molecule has 0 saturated heterocycles. The quantitative estimate of drug-likeness (QED) is 0.617. The van der Waals surface area contributed by atoms with Gasteiger partial charge < -0.3 is 16.0 Å². The van der Waals surface area contributed by atoms with Crippen LogP contribution in [0.3, 0.4) is 0 Å². The highest BCUT2D eigenvalue weighted by Gasteiger charge is 2.23. The highest BCUT2D eigenvalue weighted by Crippen LogP contribution is 2.14. The van der Waals surface area contributed by atoms with Crippen LogP contribution in [0.15, 0.2) is 48.5 Å². The highest BCUT2D eigenvalue weighted by molar-refractivity contribution is 6.01. The zero-order valence-corrected chi connectivity index (χ0v) is 17.2. The van der Waals surface area contributed by atoms with E-state index in [1.54, 1.807) is 6.07 Å². The predicted octanol–water partition coefficient (Wildman–Crippen LogP) is 3.89. The van der Waals surface area contributed by atoms with Crippen LogP contribution in [0.25, 0.3) is 0 Å². The van der Waals surface area contributed by atoms with E-state index in [2.05, 4.69) is 22.9 Å². The molecule has 2 aromatic rings. The Morgan fingerprint density at radius 3 is 2.46 bits per heavy atom. The minimum Gasteiger partial charge on any atom is -0.340 e. The number of hydrogen-bond acceptors (Lipinski definition) is 3. The van der Waals surface area contributed by atoms with Crippen LogP contribution in [-0.2, 0) is 11.3 Å². The van der Waals surface area contributed by atoms with Gasteiger partial charge in [-0.2, -0.15) is 0 Å². The van der Waals surface area contributed by atoms with E-state index in [-0.39, 0.29) is 17.7 Å². The number of aryl methyl sites for hydroxylation is 1. The molecule has 2 amide bonds. The summed E-state index contributed by atoms with van der Waals surface area (Å²) in [5, 5.41) is 9.14. The fourth-order valence-electron chi connectivity index (χ4n) is 3.02. The predicted molar refractivity (Wildman–Crippen MR) is 114 cm³/mol. The molecule has 0 fully saturated rings. The molecule has 0 spiro atoms. The molecule has 2 rings (SSSR count). The first-order valence-corrected chi connectivity index (χ1v) is 9.87. The summed E-state index contributed by atoms with van der Waals surface area (Å²) in [6, 6.07) is 14.6. The van der Waals surface area contributed by atoms with Crippen LogP contribution in [0.5, 0.6) is 0 Å². The van der Waals surface area contributed by atoms with Gasteiger partial charge >= 0.3 is 0 Å². The minimum absolute atomic E-state index is 0.198. The monoisotopic (exact) mass is 381 g/mol. The molecule has 3 N–H and O–H groups in total. The summed E-state index contributed by atoms with van der Waals surface area (Å²) in [5.74, 6) is -0.149. The molecular formula is C23H31N3O2. The third-order valence-corrected chi connectivity index (χ3v) is 4.49. The van der Waals surface area contributed by atoms with Crippen molar-refractivity contribution in [3.8, 4) is 0 Å². The Morgan fingerprint density at radius 2 is 1.79 bits per heavy atom. The highest BCUT2D eigenvalue weighted by atomic mass is 16.2. The Hall–Kier alpha value is -2.66. The van der Waals surface area contributed by atoms with Crippen molar-refractivity contribution in [2.45, 2.75) is 46.7 Å². The fourth-order valence-corrected chi connectivity index (χ4v) is 3.02. The molecular weight excluding hydrogens is 350 g/mol. The number of carbonyl (C=O) groups excluding carboxylic acids is 2. The van der Waals surface area contributed by atoms with E-state index in [4.69, 9.17) is 0 Å². The van der Waals surface area contributed by atoms with Crippen LogP contribution in [0.2, 0.25) is 0 Å². The average Bonchev–Trinajstić information content (AvgIpc) is 2.66. The van der Waals surface area contributed by atoms with Crippen molar-refractivity contribution >= 4 is 17.5 Å². The summed E-state index contributed by atoms with van der Waals surface area (Å²) < 4.78 is 0. The molecule has 0 aromatic heterocycles. The van der Waals surface area contributed by atoms with Gasteiger partial charge in [0.1, 0.15) is 6.04 Å². The van der Waals surface area contributed by atoms with E-state index in [0.717, 1.165) is 29.9 Å². The number of rotatable bonds is 9. The normalized spacial score (nSPS) is 11.9. The van der Waals surface area contributed by atoms with Gasteiger partial charge in [-0.3, -0.25) is 9.59 Å². The third-order valence-electron chi connectivity index (χ3n) is 4.49. The molecule has 1 unspecified atom stereocenters. The molecule has 0 aliphatic carbocycles. The number of carbonyl (C=O) groups is 2. The van der Waals surface area contributed by atoms with Gasteiger partial charge in [0.15, 0.2) is 0 Å². The molecule has 0 radical (unpaired) electrons. The summed E-state index contributed by atoms with van der Waals surface area (Å²) >= 11 is 0. The first-order chi connectivity index (χ1) is 13.4. The number of hydrogen-bond donors (Lipinski definition) is 3. The lowest BCUT2D eigenvalue weighted by Gasteiger charge is -2.21. The maximum atomic E-state index is 12.9. The van der Waals surface area contributed by atoms with Gasteiger partial charge in [0.2, 0.25) is 5.91 Å². The largest absolute Gasteiger partial charge is 0.340 e. The lowest BCUT2D eigenvalue weighted by Crippen LogP contribution is -2.44. The topological polar surface area (TPSA) is 70.2 Å². The van der Waals surface area contributed by atoms with Crippen molar-refractivity contribution in [1.82, 2.24) is 10.6 Å². The Balaban J connectivity index is 2.10. The molecule has 28 heavy (non-hydrogen) atoms. The van der Waals surface area contributed by atoms with Crippen LogP contribution in [0, 0.1) is 12.8 Å². The lowest BCUT2D eigenvalue weighted by atomic mass is 10.0. The number of anilines is 1. The van der Waals surface area contributed by atoms with E-state index in [1.165, 1.54) is 0 Å². The Bertz CT molecular complexity index is 802. The minimum atomic E-state index is -0.593. The standard InChI is InChI=1S/C23H31N3O2/c1-5-24-15-18-10-8-11-19(14-18)25-23(28)21(13-16(2)3)26-22(27)20-12-7-6-9-17(20)4/h6-12,14,16,21,24H,5,13,15H2,1-4H3,(H,25,28)(H,26,27). The van der Waals surface area contributed by atoms with Crippen LogP contribution in [0.1, 0.15) is 48.7 Å². The molecule has 0 heterocycles. The third kappa shape index (κ3) is 6.50. The zero-order chi connectivity index (χ0) is 20.5. The molecule has 5 nitrogen and oxygen atoms in total. The van der Waals surface area contributed by atoms with E-state index in [9.17, 15) is 9.59 Å². The van der Waals surface area contributed by atoms with Crippen molar-refractivity contribution in [2.75, 3.05) is 11.9 Å². The van der Waals surface area contributed by atoms with Gasteiger partial charge in [-0.15, -0.1) is 0 Å². The maximum absolute atomic E-state index is 12.9. The number of nitrogens with one attached hydrogen (secondary N) is 3.